The first-order valence-electron chi connectivity index (χ1n) is 8.11. The third-order valence-corrected chi connectivity index (χ3v) is 4.40. The number of amidine groups is 1. The summed E-state index contributed by atoms with van der Waals surface area (Å²) < 4.78 is 19.4. The molecule has 0 aliphatic carbocycles. The Bertz CT molecular complexity index is 1170. The molecule has 0 atom stereocenters. The van der Waals surface area contributed by atoms with Crippen LogP contribution in [-0.4, -0.2) is 34.6 Å². The Morgan fingerprint density at radius 2 is 2.04 bits per heavy atom. The van der Waals surface area contributed by atoms with Gasteiger partial charge < -0.3 is 19.7 Å². The van der Waals surface area contributed by atoms with Crippen LogP contribution in [0.3, 0.4) is 0 Å². The number of aromatic nitrogens is 2. The van der Waals surface area contributed by atoms with Crippen LogP contribution in [0.2, 0.25) is 0 Å². The number of nitrogens with one attached hydrogen (secondary N) is 2. The average molecular weight is 366 g/mol. The van der Waals surface area contributed by atoms with Crippen LogP contribution in [0.1, 0.15) is 5.82 Å². The van der Waals surface area contributed by atoms with Gasteiger partial charge in [-0.05, 0) is 24.3 Å². The smallest absolute Gasteiger partial charge is 0.259 e. The van der Waals surface area contributed by atoms with Crippen molar-refractivity contribution in [3.8, 4) is 5.75 Å². The summed E-state index contributed by atoms with van der Waals surface area (Å²) in [6, 6.07) is 10.9. The van der Waals surface area contributed by atoms with Crippen LogP contribution < -0.4 is 15.2 Å². The van der Waals surface area contributed by atoms with E-state index in [4.69, 9.17) is 10.1 Å². The van der Waals surface area contributed by atoms with E-state index in [1.807, 2.05) is 0 Å². The number of halogens is 1. The molecule has 0 unspecified atom stereocenters. The standard InChI is InChI=1S/C19H15FN4O3/c1-27-14-8-4-5-10-16(14)22-18(23-19(10)26)15-13(25)9-24(17(15)21)12-7-3-2-6-11(12)20/h2-8,21,25H,9H2,1H3,(H,22,23,26). The molecular weight excluding hydrogens is 351 g/mol. The molecule has 0 amide bonds. The second-order valence-electron chi connectivity index (χ2n) is 5.98. The molecule has 1 aromatic heterocycles. The largest absolute Gasteiger partial charge is 0.509 e. The summed E-state index contributed by atoms with van der Waals surface area (Å²) in [4.78, 5) is 20.7. The number of aliphatic hydroxyl groups excluding tert-OH is 1. The molecule has 0 bridgehead atoms. The van der Waals surface area contributed by atoms with Crippen molar-refractivity contribution < 1.29 is 14.2 Å². The minimum Gasteiger partial charge on any atom is -0.509 e. The van der Waals surface area contributed by atoms with Gasteiger partial charge >= 0.3 is 0 Å². The van der Waals surface area contributed by atoms with Crippen molar-refractivity contribution >= 4 is 28.0 Å². The number of ether oxygens (including phenoxy) is 1. The van der Waals surface area contributed by atoms with E-state index in [2.05, 4.69) is 9.97 Å². The number of methoxy groups -OCH3 is 1. The van der Waals surface area contributed by atoms with Crippen LogP contribution in [0.5, 0.6) is 5.75 Å². The summed E-state index contributed by atoms with van der Waals surface area (Å²) in [5.74, 6) is -0.428. The predicted molar refractivity (Wildman–Crippen MR) is 99.9 cm³/mol. The highest BCUT2D eigenvalue weighted by Gasteiger charge is 2.32. The molecule has 27 heavy (non-hydrogen) atoms. The van der Waals surface area contributed by atoms with Crippen LogP contribution in [-0.2, 0) is 0 Å². The van der Waals surface area contributed by atoms with Crippen LogP contribution in [0.25, 0.3) is 16.5 Å². The number of rotatable bonds is 3. The summed E-state index contributed by atoms with van der Waals surface area (Å²) in [7, 11) is 1.46. The van der Waals surface area contributed by atoms with Crippen molar-refractivity contribution in [3.05, 3.63) is 70.2 Å². The van der Waals surface area contributed by atoms with E-state index in [1.54, 1.807) is 30.3 Å². The van der Waals surface area contributed by atoms with Crippen molar-refractivity contribution in [3.63, 3.8) is 0 Å². The van der Waals surface area contributed by atoms with Gasteiger partial charge in [0.2, 0.25) is 0 Å². The molecular formula is C19H15FN4O3. The molecule has 7 nitrogen and oxygen atoms in total. The van der Waals surface area contributed by atoms with E-state index in [0.29, 0.717) is 16.7 Å². The number of benzene rings is 2. The minimum absolute atomic E-state index is 0.0262. The first kappa shape index (κ1) is 16.8. The van der Waals surface area contributed by atoms with Crippen molar-refractivity contribution in [2.24, 2.45) is 0 Å². The van der Waals surface area contributed by atoms with E-state index in [9.17, 15) is 14.3 Å². The highest BCUT2D eigenvalue weighted by Crippen LogP contribution is 2.31. The fourth-order valence-corrected chi connectivity index (χ4v) is 3.12. The Kier molecular flexibility index (Phi) is 3.88. The highest BCUT2D eigenvalue weighted by atomic mass is 19.1. The second kappa shape index (κ2) is 6.24. The van der Waals surface area contributed by atoms with Crippen molar-refractivity contribution in [1.29, 1.82) is 5.41 Å². The zero-order chi connectivity index (χ0) is 19.1. The number of aromatic amines is 1. The third-order valence-electron chi connectivity index (χ3n) is 4.40. The average Bonchev–Trinajstić information content (AvgIpc) is 2.95. The Labute approximate surface area is 152 Å². The Balaban J connectivity index is 1.84. The quantitative estimate of drug-likeness (QED) is 0.661. The number of H-pyrrole nitrogens is 1. The third kappa shape index (κ3) is 2.62. The molecule has 0 fully saturated rings. The monoisotopic (exact) mass is 366 g/mol. The zero-order valence-corrected chi connectivity index (χ0v) is 14.3. The summed E-state index contributed by atoms with van der Waals surface area (Å²) in [6.07, 6.45) is 0. The maximum Gasteiger partial charge on any atom is 0.259 e. The number of aliphatic hydroxyl groups is 1. The maximum absolute atomic E-state index is 14.1. The van der Waals surface area contributed by atoms with Crippen LogP contribution in [0.15, 0.2) is 53.0 Å². The predicted octanol–water partition coefficient (Wildman–Crippen LogP) is 2.84. The van der Waals surface area contributed by atoms with E-state index in [-0.39, 0.29) is 35.2 Å². The Morgan fingerprint density at radius 1 is 1.26 bits per heavy atom. The lowest BCUT2D eigenvalue weighted by atomic mass is 10.2. The van der Waals surface area contributed by atoms with E-state index in [1.165, 1.54) is 24.1 Å². The first-order valence-corrected chi connectivity index (χ1v) is 8.11. The topological polar surface area (TPSA) is 102 Å². The molecule has 8 heteroatoms. The second-order valence-corrected chi connectivity index (χ2v) is 5.98. The molecule has 1 aliphatic heterocycles. The van der Waals surface area contributed by atoms with E-state index < -0.39 is 11.4 Å². The molecule has 2 heterocycles. The van der Waals surface area contributed by atoms with E-state index in [0.717, 1.165) is 0 Å². The number of anilines is 1. The summed E-state index contributed by atoms with van der Waals surface area (Å²) in [5.41, 5.74) is 0.0930. The molecule has 0 spiro atoms. The molecule has 3 N–H and O–H groups in total. The molecule has 3 aromatic rings. The van der Waals surface area contributed by atoms with Crippen LogP contribution in [0.4, 0.5) is 10.1 Å². The number of hydrogen-bond donors (Lipinski definition) is 3. The van der Waals surface area contributed by atoms with Gasteiger partial charge in [0.25, 0.3) is 5.56 Å². The van der Waals surface area contributed by atoms with Gasteiger partial charge in [-0.3, -0.25) is 10.2 Å². The van der Waals surface area contributed by atoms with Gasteiger partial charge in [-0.2, -0.15) is 0 Å². The molecule has 2 aromatic carbocycles. The van der Waals surface area contributed by atoms with Gasteiger partial charge in [-0.1, -0.05) is 18.2 Å². The molecule has 0 saturated heterocycles. The van der Waals surface area contributed by atoms with Gasteiger partial charge in [0.1, 0.15) is 34.5 Å². The number of fused-ring (bicyclic) bond motifs is 1. The number of nitrogens with zero attached hydrogens (tertiary/aromatic N) is 2. The number of hydrogen-bond acceptors (Lipinski definition) is 5. The lowest BCUT2D eigenvalue weighted by molar-refractivity contribution is 0.411. The first-order chi connectivity index (χ1) is 13.0. The van der Waals surface area contributed by atoms with E-state index >= 15 is 0 Å². The minimum atomic E-state index is -0.516. The Hall–Kier alpha value is -3.68. The summed E-state index contributed by atoms with van der Waals surface area (Å²) in [6.45, 7) is -0.0945. The molecule has 0 radical (unpaired) electrons. The normalized spacial score (nSPS) is 14.3. The van der Waals surface area contributed by atoms with Crippen molar-refractivity contribution in [2.75, 3.05) is 18.6 Å². The SMILES string of the molecule is COc1cccc2c(=O)[nH]c(C3=C(O)CN(c4ccccc4F)C3=N)nc12. The summed E-state index contributed by atoms with van der Waals surface area (Å²) in [5, 5.41) is 19.1. The Morgan fingerprint density at radius 3 is 2.78 bits per heavy atom. The molecule has 4 rings (SSSR count). The van der Waals surface area contributed by atoms with Gasteiger partial charge in [-0.25, -0.2) is 9.37 Å². The fourth-order valence-electron chi connectivity index (χ4n) is 3.12. The van der Waals surface area contributed by atoms with Gasteiger partial charge in [0, 0.05) is 0 Å². The molecule has 0 saturated carbocycles. The van der Waals surface area contributed by atoms with Crippen molar-refractivity contribution in [2.45, 2.75) is 0 Å². The lowest BCUT2D eigenvalue weighted by Crippen LogP contribution is -2.27. The van der Waals surface area contributed by atoms with Crippen LogP contribution >= 0.6 is 0 Å². The van der Waals surface area contributed by atoms with Crippen molar-refractivity contribution in [1.82, 2.24) is 9.97 Å². The molecule has 1 aliphatic rings. The zero-order valence-electron chi connectivity index (χ0n) is 14.3. The summed E-state index contributed by atoms with van der Waals surface area (Å²) >= 11 is 0. The van der Waals surface area contributed by atoms with Gasteiger partial charge in [0.05, 0.1) is 30.3 Å². The fraction of sp³-hybridized carbons (Fsp3) is 0.105. The highest BCUT2D eigenvalue weighted by molar-refractivity contribution is 6.30. The van der Waals surface area contributed by atoms with Crippen LogP contribution in [0, 0.1) is 11.2 Å². The maximum atomic E-state index is 14.1. The van der Waals surface area contributed by atoms with Gasteiger partial charge in [0.15, 0.2) is 0 Å². The van der Waals surface area contributed by atoms with Gasteiger partial charge in [-0.15, -0.1) is 0 Å². The molecule has 136 valence electrons. The lowest BCUT2D eigenvalue weighted by Gasteiger charge is -2.19. The number of para-hydroxylation sites is 2.